The van der Waals surface area contributed by atoms with E-state index in [1.165, 1.54) is 11.3 Å². The van der Waals surface area contributed by atoms with E-state index >= 15 is 0 Å². The second kappa shape index (κ2) is 5.49. The van der Waals surface area contributed by atoms with Crippen LogP contribution in [0, 0.1) is 0 Å². The molecule has 1 aromatic carbocycles. The first-order chi connectivity index (χ1) is 11.1. The Morgan fingerprint density at radius 1 is 1.26 bits per heavy atom. The van der Waals surface area contributed by atoms with Gasteiger partial charge < -0.3 is 14.2 Å². The average Bonchev–Trinajstić information content (AvgIpc) is 2.88. The van der Waals surface area contributed by atoms with E-state index in [0.717, 1.165) is 55.9 Å². The van der Waals surface area contributed by atoms with Crippen LogP contribution in [0.3, 0.4) is 0 Å². The summed E-state index contributed by atoms with van der Waals surface area (Å²) >= 11 is 6.46. The number of fused-ring (bicyclic) bond motifs is 2. The number of benzene rings is 1. The quantitative estimate of drug-likeness (QED) is 0.848. The summed E-state index contributed by atoms with van der Waals surface area (Å²) in [5.74, 6) is 2.04. The minimum absolute atomic E-state index is 0.0401. The number of hydrogen-bond donors (Lipinski definition) is 0. The Hall–Kier alpha value is -1.59. The molecule has 0 atom stereocenters. The smallest absolute Gasteiger partial charge is 0.152 e. The van der Waals surface area contributed by atoms with E-state index in [-0.39, 0.29) is 5.41 Å². The minimum Gasteiger partial charge on any atom is -0.379 e. The molecule has 23 heavy (non-hydrogen) atoms. The van der Waals surface area contributed by atoms with Crippen LogP contribution in [0.5, 0.6) is 0 Å². The van der Waals surface area contributed by atoms with Crippen LogP contribution in [0.4, 0.5) is 5.69 Å². The Morgan fingerprint density at radius 2 is 2.13 bits per heavy atom. The number of hydrogen-bond acceptors (Lipinski definition) is 4. The Morgan fingerprint density at radius 3 is 3.00 bits per heavy atom. The van der Waals surface area contributed by atoms with Crippen LogP contribution in [0.1, 0.15) is 31.1 Å². The molecule has 5 nitrogen and oxygen atoms in total. The topological polar surface area (TPSA) is 43.2 Å². The lowest BCUT2D eigenvalue weighted by Crippen LogP contribution is -2.29. The molecule has 0 saturated carbocycles. The van der Waals surface area contributed by atoms with Gasteiger partial charge in [0, 0.05) is 41.2 Å². The van der Waals surface area contributed by atoms with Crippen molar-refractivity contribution in [3.05, 3.63) is 40.4 Å². The van der Waals surface area contributed by atoms with E-state index in [0.29, 0.717) is 0 Å². The highest BCUT2D eigenvalue weighted by molar-refractivity contribution is 6.32. The molecular formula is C17H21ClN4O. The molecule has 0 N–H and O–H groups in total. The van der Waals surface area contributed by atoms with Gasteiger partial charge in [-0.15, -0.1) is 10.2 Å². The highest BCUT2D eigenvalue weighted by Crippen LogP contribution is 2.44. The first-order valence-corrected chi connectivity index (χ1v) is 8.47. The van der Waals surface area contributed by atoms with Crippen LogP contribution >= 0.6 is 11.6 Å². The van der Waals surface area contributed by atoms with Gasteiger partial charge in [-0.05, 0) is 12.1 Å². The summed E-state index contributed by atoms with van der Waals surface area (Å²) < 4.78 is 7.76. The maximum atomic E-state index is 6.46. The predicted octanol–water partition coefficient (Wildman–Crippen LogP) is 2.80. The van der Waals surface area contributed by atoms with Crippen LogP contribution in [0.2, 0.25) is 5.02 Å². The van der Waals surface area contributed by atoms with Crippen molar-refractivity contribution >= 4 is 17.3 Å². The molecule has 0 unspecified atom stereocenters. The second-order valence-corrected chi connectivity index (χ2v) is 7.33. The van der Waals surface area contributed by atoms with Crippen molar-refractivity contribution < 1.29 is 4.74 Å². The maximum Gasteiger partial charge on any atom is 0.152 e. The van der Waals surface area contributed by atoms with Crippen LogP contribution in [-0.2, 0) is 29.7 Å². The van der Waals surface area contributed by atoms with Crippen LogP contribution in [0.15, 0.2) is 18.2 Å². The molecule has 2 aliphatic rings. The largest absolute Gasteiger partial charge is 0.379 e. The molecule has 3 heterocycles. The molecular weight excluding hydrogens is 312 g/mol. The van der Waals surface area contributed by atoms with E-state index in [1.54, 1.807) is 0 Å². The number of nitrogens with zero attached hydrogens (tertiary/aromatic N) is 4. The number of anilines is 1. The molecule has 0 fully saturated rings. The summed E-state index contributed by atoms with van der Waals surface area (Å²) in [6, 6.07) is 6.15. The lowest BCUT2D eigenvalue weighted by molar-refractivity contribution is 0.139. The van der Waals surface area contributed by atoms with Crippen molar-refractivity contribution in [3.8, 4) is 0 Å². The first kappa shape index (κ1) is 15.0. The third-order valence-corrected chi connectivity index (χ3v) is 5.08. The molecule has 4 rings (SSSR count). The van der Waals surface area contributed by atoms with Crippen LogP contribution < -0.4 is 4.90 Å². The zero-order valence-electron chi connectivity index (χ0n) is 13.5. The maximum absolute atomic E-state index is 6.46. The molecule has 0 saturated heterocycles. The fraction of sp³-hybridized carbons (Fsp3) is 0.529. The molecule has 0 amide bonds. The molecule has 2 aliphatic heterocycles. The van der Waals surface area contributed by atoms with Crippen molar-refractivity contribution in [2.75, 3.05) is 24.7 Å². The zero-order valence-corrected chi connectivity index (χ0v) is 14.3. The van der Waals surface area contributed by atoms with Gasteiger partial charge in [0.05, 0.1) is 19.8 Å². The summed E-state index contributed by atoms with van der Waals surface area (Å²) in [5, 5.41) is 9.63. The fourth-order valence-electron chi connectivity index (χ4n) is 3.75. The van der Waals surface area contributed by atoms with Gasteiger partial charge in [-0.2, -0.15) is 0 Å². The SMILES string of the molecule is CC1(C)CN(Cc2nnc3n2CCOCC3)c2cccc(Cl)c21. The molecule has 6 heteroatoms. The van der Waals surface area contributed by atoms with Crippen LogP contribution in [0.25, 0.3) is 0 Å². The normalized spacial score (nSPS) is 19.3. The summed E-state index contributed by atoms with van der Waals surface area (Å²) in [6.07, 6.45) is 0.834. The van der Waals surface area contributed by atoms with Crippen molar-refractivity contribution in [1.29, 1.82) is 0 Å². The standard InChI is InChI=1S/C17H21ClN4O/c1-17(2)11-21(13-5-3-4-12(18)16(13)17)10-15-20-19-14-6-8-23-9-7-22(14)15/h3-5H,6-11H2,1-2H3. The summed E-state index contributed by atoms with van der Waals surface area (Å²) in [6.45, 7) is 8.47. The number of halogens is 1. The number of rotatable bonds is 2. The first-order valence-electron chi connectivity index (χ1n) is 8.09. The Bertz CT molecular complexity index is 740. The molecule has 0 radical (unpaired) electrons. The predicted molar refractivity (Wildman–Crippen MR) is 90.1 cm³/mol. The van der Waals surface area contributed by atoms with E-state index < -0.39 is 0 Å². The van der Waals surface area contributed by atoms with Gasteiger partial charge in [0.2, 0.25) is 0 Å². The van der Waals surface area contributed by atoms with E-state index in [2.05, 4.69) is 39.6 Å². The monoisotopic (exact) mass is 332 g/mol. The van der Waals surface area contributed by atoms with E-state index in [4.69, 9.17) is 16.3 Å². The average molecular weight is 333 g/mol. The third kappa shape index (κ3) is 2.52. The zero-order chi connectivity index (χ0) is 16.0. The summed E-state index contributed by atoms with van der Waals surface area (Å²) in [5.41, 5.74) is 2.49. The van der Waals surface area contributed by atoms with Gasteiger partial charge >= 0.3 is 0 Å². The van der Waals surface area contributed by atoms with Crippen LogP contribution in [-0.4, -0.2) is 34.5 Å². The van der Waals surface area contributed by atoms with E-state index in [1.807, 2.05) is 12.1 Å². The Kier molecular flexibility index (Phi) is 3.58. The second-order valence-electron chi connectivity index (χ2n) is 6.92. The van der Waals surface area contributed by atoms with Crippen molar-refractivity contribution in [2.24, 2.45) is 0 Å². The summed E-state index contributed by atoms with van der Waals surface area (Å²) in [7, 11) is 0. The lowest BCUT2D eigenvalue weighted by atomic mass is 9.87. The highest BCUT2D eigenvalue weighted by atomic mass is 35.5. The third-order valence-electron chi connectivity index (χ3n) is 4.76. The highest BCUT2D eigenvalue weighted by Gasteiger charge is 2.37. The van der Waals surface area contributed by atoms with Gasteiger partial charge in [-0.1, -0.05) is 31.5 Å². The lowest BCUT2D eigenvalue weighted by Gasteiger charge is -2.22. The Balaban J connectivity index is 1.67. The molecule has 1 aromatic heterocycles. The summed E-state index contributed by atoms with van der Waals surface area (Å²) in [4.78, 5) is 2.37. The van der Waals surface area contributed by atoms with Gasteiger partial charge in [-0.25, -0.2) is 0 Å². The molecule has 0 aliphatic carbocycles. The molecule has 0 spiro atoms. The van der Waals surface area contributed by atoms with Crippen molar-refractivity contribution in [2.45, 2.75) is 38.8 Å². The molecule has 2 aromatic rings. The van der Waals surface area contributed by atoms with Gasteiger partial charge in [-0.3, -0.25) is 0 Å². The van der Waals surface area contributed by atoms with Gasteiger partial charge in [0.1, 0.15) is 5.82 Å². The van der Waals surface area contributed by atoms with Crippen molar-refractivity contribution in [3.63, 3.8) is 0 Å². The Labute approximate surface area is 141 Å². The fourth-order valence-corrected chi connectivity index (χ4v) is 4.18. The molecule has 122 valence electrons. The van der Waals surface area contributed by atoms with Gasteiger partial charge in [0.25, 0.3) is 0 Å². The van der Waals surface area contributed by atoms with Gasteiger partial charge in [0.15, 0.2) is 5.82 Å². The number of aromatic nitrogens is 3. The van der Waals surface area contributed by atoms with Crippen molar-refractivity contribution in [1.82, 2.24) is 14.8 Å². The molecule has 0 bridgehead atoms. The number of ether oxygens (including phenoxy) is 1. The van der Waals surface area contributed by atoms with E-state index in [9.17, 15) is 0 Å². The minimum atomic E-state index is 0.0401.